The molecule has 188 valence electrons. The van der Waals surface area contributed by atoms with Crippen LogP contribution in [0.25, 0.3) is 0 Å². The van der Waals surface area contributed by atoms with Gasteiger partial charge < -0.3 is 5.32 Å². The lowest BCUT2D eigenvalue weighted by molar-refractivity contribution is -0.142. The van der Waals surface area contributed by atoms with Crippen molar-refractivity contribution in [3.8, 4) is 0 Å². The lowest BCUT2D eigenvalue weighted by Gasteiger charge is -2.09. The Morgan fingerprint density at radius 1 is 0.941 bits per heavy atom. The molecule has 2 aliphatic rings. The zero-order valence-corrected chi connectivity index (χ0v) is 20.1. The van der Waals surface area contributed by atoms with Crippen LogP contribution in [0, 0.1) is 0 Å². The third-order valence-corrected chi connectivity index (χ3v) is 6.90. The van der Waals surface area contributed by atoms with Gasteiger partial charge in [0.15, 0.2) is 11.4 Å². The third-order valence-electron chi connectivity index (χ3n) is 5.75. The molecule has 0 aliphatic heterocycles. The van der Waals surface area contributed by atoms with E-state index >= 15 is 0 Å². The standard InChI is InChI=1S/C20H21BrClF6N5O/c21-13-15(10-2-3-10)33(30-17(13)19(23,24)25)9-6-12(34)29-7-1-8-32-16(11-4-5-11)14(22)18(31-32)20(26,27)28/h10-11H,1-9H2,(H,29,34). The van der Waals surface area contributed by atoms with Crippen molar-refractivity contribution >= 4 is 33.4 Å². The van der Waals surface area contributed by atoms with Crippen molar-refractivity contribution in [3.05, 3.63) is 32.3 Å². The Morgan fingerprint density at radius 3 is 2.03 bits per heavy atom. The van der Waals surface area contributed by atoms with Gasteiger partial charge in [0.2, 0.25) is 5.91 Å². The van der Waals surface area contributed by atoms with E-state index in [1.807, 2.05) is 0 Å². The van der Waals surface area contributed by atoms with Crippen molar-refractivity contribution in [1.29, 1.82) is 0 Å². The van der Waals surface area contributed by atoms with Crippen molar-refractivity contribution in [2.45, 2.75) is 75.8 Å². The summed E-state index contributed by atoms with van der Waals surface area (Å²) in [6, 6.07) is 0. The molecule has 2 fully saturated rings. The summed E-state index contributed by atoms with van der Waals surface area (Å²) in [4.78, 5) is 12.2. The number of hydrogen-bond donors (Lipinski definition) is 1. The first-order valence-corrected chi connectivity index (χ1v) is 12.0. The summed E-state index contributed by atoms with van der Waals surface area (Å²) in [5.41, 5.74) is -1.28. The molecule has 0 spiro atoms. The largest absolute Gasteiger partial charge is 0.436 e. The van der Waals surface area contributed by atoms with E-state index in [1.165, 1.54) is 9.36 Å². The molecule has 2 saturated carbocycles. The number of nitrogens with zero attached hydrogens (tertiary/aromatic N) is 4. The van der Waals surface area contributed by atoms with Crippen LogP contribution >= 0.6 is 27.5 Å². The number of nitrogens with one attached hydrogen (secondary N) is 1. The summed E-state index contributed by atoms with van der Waals surface area (Å²) in [5, 5.41) is 9.58. The molecule has 6 nitrogen and oxygen atoms in total. The molecule has 0 radical (unpaired) electrons. The first-order valence-electron chi connectivity index (χ1n) is 10.8. The average molecular weight is 577 g/mol. The number of carbonyl (C=O) groups excluding carboxylic acids is 1. The summed E-state index contributed by atoms with van der Waals surface area (Å²) in [7, 11) is 0. The molecule has 0 atom stereocenters. The molecule has 14 heteroatoms. The maximum absolute atomic E-state index is 13.2. The number of aryl methyl sites for hydroxylation is 2. The minimum Gasteiger partial charge on any atom is -0.356 e. The summed E-state index contributed by atoms with van der Waals surface area (Å²) in [6.07, 6.45) is -5.97. The molecule has 0 unspecified atom stereocenters. The van der Waals surface area contributed by atoms with E-state index in [1.54, 1.807) is 0 Å². The zero-order chi connectivity index (χ0) is 24.8. The number of carbonyl (C=O) groups is 1. The topological polar surface area (TPSA) is 64.7 Å². The third kappa shape index (κ3) is 5.55. The van der Waals surface area contributed by atoms with Gasteiger partial charge in [-0.15, -0.1) is 0 Å². The Hall–Kier alpha value is -1.76. The molecular formula is C20H21BrClF6N5O. The Kier molecular flexibility index (Phi) is 6.98. The summed E-state index contributed by atoms with van der Waals surface area (Å²) in [6.45, 7) is 0.310. The fourth-order valence-corrected chi connectivity index (χ4v) is 5.08. The van der Waals surface area contributed by atoms with E-state index in [0.29, 0.717) is 17.8 Å². The van der Waals surface area contributed by atoms with Crippen molar-refractivity contribution in [2.24, 2.45) is 0 Å². The Bertz CT molecular complexity index is 1070. The number of amides is 1. The molecule has 1 N–H and O–H groups in total. The highest BCUT2D eigenvalue weighted by molar-refractivity contribution is 9.10. The van der Waals surface area contributed by atoms with Gasteiger partial charge in [0.1, 0.15) is 0 Å². The maximum atomic E-state index is 13.2. The van der Waals surface area contributed by atoms with Gasteiger partial charge in [-0.3, -0.25) is 14.2 Å². The van der Waals surface area contributed by atoms with Crippen LogP contribution in [-0.4, -0.2) is 32.0 Å². The molecular weight excluding hydrogens is 556 g/mol. The Labute approximate surface area is 204 Å². The lowest BCUT2D eigenvalue weighted by atomic mass is 10.2. The second-order valence-electron chi connectivity index (χ2n) is 8.54. The van der Waals surface area contributed by atoms with Crippen molar-refractivity contribution < 1.29 is 31.1 Å². The van der Waals surface area contributed by atoms with E-state index < -0.39 is 23.7 Å². The van der Waals surface area contributed by atoms with Crippen LogP contribution in [0.5, 0.6) is 0 Å². The second kappa shape index (κ2) is 9.36. The quantitative estimate of drug-likeness (QED) is 0.299. The molecule has 2 heterocycles. The Morgan fingerprint density at radius 2 is 1.47 bits per heavy atom. The maximum Gasteiger partial charge on any atom is 0.436 e. The number of alkyl halides is 6. The van der Waals surface area contributed by atoms with Crippen molar-refractivity contribution in [1.82, 2.24) is 24.9 Å². The highest BCUT2D eigenvalue weighted by Crippen LogP contribution is 2.48. The van der Waals surface area contributed by atoms with Gasteiger partial charge in [-0.1, -0.05) is 11.6 Å². The molecule has 2 aromatic rings. The number of aromatic nitrogens is 4. The van der Waals surface area contributed by atoms with E-state index in [-0.39, 0.29) is 53.3 Å². The van der Waals surface area contributed by atoms with Gasteiger partial charge in [0.25, 0.3) is 0 Å². The van der Waals surface area contributed by atoms with Gasteiger partial charge in [0.05, 0.1) is 27.4 Å². The zero-order valence-electron chi connectivity index (χ0n) is 17.7. The Balaban J connectivity index is 1.30. The monoisotopic (exact) mass is 575 g/mol. The van der Waals surface area contributed by atoms with E-state index in [4.69, 9.17) is 11.6 Å². The van der Waals surface area contributed by atoms with E-state index in [0.717, 1.165) is 25.7 Å². The molecule has 4 rings (SSSR count). The van der Waals surface area contributed by atoms with Crippen LogP contribution in [0.3, 0.4) is 0 Å². The van der Waals surface area contributed by atoms with Gasteiger partial charge >= 0.3 is 12.4 Å². The number of hydrogen-bond acceptors (Lipinski definition) is 3. The van der Waals surface area contributed by atoms with Crippen LogP contribution in [0.15, 0.2) is 4.47 Å². The molecule has 34 heavy (non-hydrogen) atoms. The van der Waals surface area contributed by atoms with Crippen molar-refractivity contribution in [2.75, 3.05) is 6.54 Å². The van der Waals surface area contributed by atoms with Gasteiger partial charge in [-0.2, -0.15) is 36.5 Å². The first-order chi connectivity index (χ1) is 15.9. The smallest absolute Gasteiger partial charge is 0.356 e. The summed E-state index contributed by atoms with van der Waals surface area (Å²) >= 11 is 8.94. The summed E-state index contributed by atoms with van der Waals surface area (Å²) in [5.74, 6) is -0.440. The van der Waals surface area contributed by atoms with E-state index in [9.17, 15) is 31.1 Å². The fraction of sp³-hybridized carbons (Fsp3) is 0.650. The molecule has 0 bridgehead atoms. The average Bonchev–Trinajstić information content (AvgIpc) is 3.65. The number of rotatable bonds is 9. The van der Waals surface area contributed by atoms with Crippen LogP contribution < -0.4 is 5.32 Å². The molecule has 0 aromatic carbocycles. The van der Waals surface area contributed by atoms with Crippen LogP contribution in [0.1, 0.15) is 73.1 Å². The number of halogens is 8. The highest BCUT2D eigenvalue weighted by Gasteiger charge is 2.43. The van der Waals surface area contributed by atoms with Gasteiger partial charge in [-0.05, 0) is 48.0 Å². The van der Waals surface area contributed by atoms with Gasteiger partial charge in [-0.25, -0.2) is 0 Å². The first kappa shape index (κ1) is 25.3. The highest BCUT2D eigenvalue weighted by atomic mass is 79.9. The van der Waals surface area contributed by atoms with Crippen LogP contribution in [0.4, 0.5) is 26.3 Å². The van der Waals surface area contributed by atoms with Crippen molar-refractivity contribution in [3.63, 3.8) is 0 Å². The second-order valence-corrected chi connectivity index (χ2v) is 9.71. The minimum atomic E-state index is -4.65. The van der Waals surface area contributed by atoms with Gasteiger partial charge in [0, 0.05) is 31.3 Å². The summed E-state index contributed by atoms with van der Waals surface area (Å²) < 4.78 is 81.3. The minimum absolute atomic E-state index is 0.0100. The SMILES string of the molecule is O=C(CCn1nc(C(F)(F)F)c(Br)c1C1CC1)NCCCn1nc(C(F)(F)F)c(Cl)c1C1CC1. The van der Waals surface area contributed by atoms with E-state index in [2.05, 4.69) is 31.4 Å². The molecule has 1 amide bonds. The fourth-order valence-electron chi connectivity index (χ4n) is 3.86. The molecule has 2 aliphatic carbocycles. The lowest BCUT2D eigenvalue weighted by Crippen LogP contribution is -2.27. The predicted octanol–water partition coefficient (Wildman–Crippen LogP) is 5.88. The molecule has 2 aromatic heterocycles. The molecule has 0 saturated heterocycles. The predicted molar refractivity (Wildman–Crippen MR) is 113 cm³/mol. The van der Waals surface area contributed by atoms with Crippen LogP contribution in [0.2, 0.25) is 5.02 Å². The van der Waals surface area contributed by atoms with Crippen LogP contribution in [-0.2, 0) is 30.2 Å². The normalized spacial score (nSPS) is 16.8.